The Morgan fingerprint density at radius 1 is 1.07 bits per heavy atom. The van der Waals surface area contributed by atoms with Crippen molar-refractivity contribution < 1.29 is 14.3 Å². The van der Waals surface area contributed by atoms with Gasteiger partial charge in [-0.25, -0.2) is 0 Å². The summed E-state index contributed by atoms with van der Waals surface area (Å²) in [6.45, 7) is 0.437. The van der Waals surface area contributed by atoms with E-state index < -0.39 is 0 Å². The third kappa shape index (κ3) is 4.97. The van der Waals surface area contributed by atoms with Gasteiger partial charge in [-0.15, -0.1) is 0 Å². The number of benzene rings is 2. The van der Waals surface area contributed by atoms with Crippen LogP contribution in [0, 0.1) is 0 Å². The van der Waals surface area contributed by atoms with Crippen LogP contribution in [0.2, 0.25) is 0 Å². The summed E-state index contributed by atoms with van der Waals surface area (Å²) >= 11 is 0. The Bertz CT molecular complexity index is 924. The van der Waals surface area contributed by atoms with Crippen LogP contribution >= 0.6 is 0 Å². The van der Waals surface area contributed by atoms with Gasteiger partial charge in [-0.05, 0) is 29.3 Å². The summed E-state index contributed by atoms with van der Waals surface area (Å²) in [6.07, 6.45) is 6.45. The number of carbonyl (C=O) groups excluding carboxylic acids is 1. The van der Waals surface area contributed by atoms with Gasteiger partial charge in [0.1, 0.15) is 0 Å². The van der Waals surface area contributed by atoms with Gasteiger partial charge in [0.25, 0.3) is 0 Å². The van der Waals surface area contributed by atoms with E-state index >= 15 is 0 Å². The number of amides is 1. The van der Waals surface area contributed by atoms with Crippen LogP contribution in [-0.2, 0) is 11.3 Å². The lowest BCUT2D eigenvalue weighted by molar-refractivity contribution is -0.117. The maximum absolute atomic E-state index is 12.5. The van der Waals surface area contributed by atoms with E-state index in [4.69, 9.17) is 9.47 Å². The highest BCUT2D eigenvalue weighted by Gasteiger charge is 2.15. The first-order valence-corrected chi connectivity index (χ1v) is 8.79. The van der Waals surface area contributed by atoms with Crippen molar-refractivity contribution in [2.24, 2.45) is 0 Å². The summed E-state index contributed by atoms with van der Waals surface area (Å²) in [5.41, 5.74) is 1.81. The number of carbonyl (C=O) groups is 1. The number of ether oxygens (including phenoxy) is 2. The Kier molecular flexibility index (Phi) is 6.41. The zero-order valence-electron chi connectivity index (χ0n) is 15.8. The van der Waals surface area contributed by atoms with Crippen LogP contribution in [0.25, 0.3) is 6.08 Å². The van der Waals surface area contributed by atoms with Gasteiger partial charge in [-0.2, -0.15) is 15.0 Å². The lowest BCUT2D eigenvalue weighted by atomic mass is 10.1. The van der Waals surface area contributed by atoms with Crippen molar-refractivity contribution in [3.05, 3.63) is 78.1 Å². The van der Waals surface area contributed by atoms with E-state index in [9.17, 15) is 4.79 Å². The van der Waals surface area contributed by atoms with Gasteiger partial charge in [0.2, 0.25) is 5.91 Å². The molecule has 0 bridgehead atoms. The van der Waals surface area contributed by atoms with E-state index in [0.29, 0.717) is 18.0 Å². The van der Waals surface area contributed by atoms with Crippen LogP contribution in [0.3, 0.4) is 0 Å². The van der Waals surface area contributed by atoms with Crippen LogP contribution in [-0.4, -0.2) is 35.1 Å². The number of methoxy groups -OCH3 is 2. The Morgan fingerprint density at radius 2 is 1.79 bits per heavy atom. The Balaban J connectivity index is 1.72. The van der Waals surface area contributed by atoms with Gasteiger partial charge < -0.3 is 14.8 Å². The minimum absolute atomic E-state index is 0.212. The highest BCUT2D eigenvalue weighted by molar-refractivity contribution is 5.92. The van der Waals surface area contributed by atoms with Gasteiger partial charge in [-0.3, -0.25) is 4.79 Å². The SMILES string of the molecule is COc1ccc(C=CC(=O)NC(Cn2nccn2)c2ccccc2)cc1OC. The molecule has 0 aliphatic carbocycles. The number of nitrogens with one attached hydrogen (secondary N) is 1. The lowest BCUT2D eigenvalue weighted by Crippen LogP contribution is -2.30. The average molecular weight is 378 g/mol. The molecule has 1 aromatic heterocycles. The smallest absolute Gasteiger partial charge is 0.244 e. The maximum Gasteiger partial charge on any atom is 0.244 e. The van der Waals surface area contributed by atoms with Crippen molar-refractivity contribution in [1.82, 2.24) is 20.3 Å². The molecule has 1 N–H and O–H groups in total. The van der Waals surface area contributed by atoms with E-state index in [2.05, 4.69) is 15.5 Å². The molecule has 7 nitrogen and oxygen atoms in total. The molecule has 0 saturated carbocycles. The molecule has 0 radical (unpaired) electrons. The summed E-state index contributed by atoms with van der Waals surface area (Å²) < 4.78 is 10.5. The Hall–Kier alpha value is -3.61. The highest BCUT2D eigenvalue weighted by atomic mass is 16.5. The molecule has 7 heteroatoms. The molecule has 3 rings (SSSR count). The average Bonchev–Trinajstić information content (AvgIpc) is 3.25. The molecule has 0 aliphatic rings. The number of nitrogens with zero attached hydrogens (tertiary/aromatic N) is 3. The van der Waals surface area contributed by atoms with Crippen molar-refractivity contribution in [3.8, 4) is 11.5 Å². The molecule has 1 atom stereocenters. The molecule has 0 fully saturated rings. The second-order valence-corrected chi connectivity index (χ2v) is 6.00. The lowest BCUT2D eigenvalue weighted by Gasteiger charge is -2.17. The molecule has 2 aromatic carbocycles. The zero-order valence-corrected chi connectivity index (χ0v) is 15.8. The van der Waals surface area contributed by atoms with Gasteiger partial charge in [0, 0.05) is 6.08 Å². The summed E-state index contributed by atoms with van der Waals surface area (Å²) in [6, 6.07) is 14.9. The predicted octanol–water partition coefficient (Wildman–Crippen LogP) is 2.87. The first-order valence-electron chi connectivity index (χ1n) is 8.79. The molecule has 3 aromatic rings. The van der Waals surface area contributed by atoms with Crippen LogP contribution in [0.5, 0.6) is 11.5 Å². The Morgan fingerprint density at radius 3 is 2.46 bits per heavy atom. The molecule has 0 spiro atoms. The standard InChI is InChI=1S/C21H22N4O3/c1-27-19-10-8-16(14-20(19)28-2)9-11-21(26)24-18(15-25-22-12-13-23-25)17-6-4-3-5-7-17/h3-14,18H,15H2,1-2H3,(H,24,26). The molecule has 1 unspecified atom stereocenters. The van der Waals surface area contributed by atoms with Gasteiger partial charge >= 0.3 is 0 Å². The van der Waals surface area contributed by atoms with E-state index in [1.54, 1.807) is 43.6 Å². The summed E-state index contributed by atoms with van der Waals surface area (Å²) in [5.74, 6) is 1.03. The van der Waals surface area contributed by atoms with Crippen molar-refractivity contribution in [1.29, 1.82) is 0 Å². The summed E-state index contributed by atoms with van der Waals surface area (Å²) in [5, 5.41) is 11.3. The third-order valence-corrected chi connectivity index (χ3v) is 4.17. The van der Waals surface area contributed by atoms with Crippen molar-refractivity contribution >= 4 is 12.0 Å². The van der Waals surface area contributed by atoms with Crippen LogP contribution < -0.4 is 14.8 Å². The van der Waals surface area contributed by atoms with E-state index in [0.717, 1.165) is 11.1 Å². The molecular formula is C21H22N4O3. The first-order chi connectivity index (χ1) is 13.7. The fourth-order valence-electron chi connectivity index (χ4n) is 2.77. The largest absolute Gasteiger partial charge is 0.493 e. The third-order valence-electron chi connectivity index (χ3n) is 4.17. The van der Waals surface area contributed by atoms with Crippen LogP contribution in [0.4, 0.5) is 0 Å². The minimum Gasteiger partial charge on any atom is -0.493 e. The number of rotatable bonds is 8. The normalized spacial score (nSPS) is 11.9. The molecule has 28 heavy (non-hydrogen) atoms. The summed E-state index contributed by atoms with van der Waals surface area (Å²) in [7, 11) is 3.16. The molecule has 1 amide bonds. The highest BCUT2D eigenvalue weighted by Crippen LogP contribution is 2.28. The maximum atomic E-state index is 12.5. The van der Waals surface area contributed by atoms with Crippen molar-refractivity contribution in [2.45, 2.75) is 12.6 Å². The van der Waals surface area contributed by atoms with Crippen molar-refractivity contribution in [2.75, 3.05) is 14.2 Å². The van der Waals surface area contributed by atoms with E-state index in [1.807, 2.05) is 42.5 Å². The monoisotopic (exact) mass is 378 g/mol. The Labute approximate surface area is 163 Å². The number of hydrogen-bond donors (Lipinski definition) is 1. The van der Waals surface area contributed by atoms with Crippen molar-refractivity contribution in [3.63, 3.8) is 0 Å². The molecule has 1 heterocycles. The van der Waals surface area contributed by atoms with E-state index in [1.165, 1.54) is 6.08 Å². The second-order valence-electron chi connectivity index (χ2n) is 6.00. The number of aromatic nitrogens is 3. The van der Waals surface area contributed by atoms with Gasteiger partial charge in [-0.1, -0.05) is 36.4 Å². The number of hydrogen-bond acceptors (Lipinski definition) is 5. The first kappa shape index (κ1) is 19.2. The van der Waals surface area contributed by atoms with Gasteiger partial charge in [0.15, 0.2) is 11.5 Å². The fraction of sp³-hybridized carbons (Fsp3) is 0.190. The quantitative estimate of drug-likeness (QED) is 0.610. The topological polar surface area (TPSA) is 78.3 Å². The van der Waals surface area contributed by atoms with E-state index in [-0.39, 0.29) is 11.9 Å². The fourth-order valence-corrected chi connectivity index (χ4v) is 2.77. The molecular weight excluding hydrogens is 356 g/mol. The van der Waals surface area contributed by atoms with Crippen LogP contribution in [0.1, 0.15) is 17.2 Å². The summed E-state index contributed by atoms with van der Waals surface area (Å²) in [4.78, 5) is 14.1. The molecule has 0 aliphatic heterocycles. The second kappa shape index (κ2) is 9.36. The predicted molar refractivity (Wildman–Crippen MR) is 106 cm³/mol. The zero-order chi connectivity index (χ0) is 19.8. The van der Waals surface area contributed by atoms with Gasteiger partial charge in [0.05, 0.1) is 39.2 Å². The molecule has 0 saturated heterocycles. The minimum atomic E-state index is -0.254. The van der Waals surface area contributed by atoms with Crippen LogP contribution in [0.15, 0.2) is 67.0 Å². The molecule has 144 valence electrons.